The molecule has 0 atom stereocenters. The third kappa shape index (κ3) is 5.13. The van der Waals surface area contributed by atoms with E-state index in [-0.39, 0.29) is 17.4 Å². The van der Waals surface area contributed by atoms with Crippen molar-refractivity contribution in [2.45, 2.75) is 6.18 Å². The van der Waals surface area contributed by atoms with Crippen molar-refractivity contribution in [1.29, 1.82) is 0 Å². The lowest BCUT2D eigenvalue weighted by Gasteiger charge is -2.17. The van der Waals surface area contributed by atoms with Crippen molar-refractivity contribution in [3.05, 3.63) is 59.2 Å². The molecule has 2 aromatic rings. The number of anilines is 2. The van der Waals surface area contributed by atoms with E-state index >= 15 is 0 Å². The van der Waals surface area contributed by atoms with Crippen molar-refractivity contribution in [3.8, 4) is 0 Å². The number of benzene rings is 2. The molecule has 0 saturated heterocycles. The van der Waals surface area contributed by atoms with Crippen molar-refractivity contribution in [2.24, 2.45) is 16.7 Å². The Balaban J connectivity index is 2.50. The molecule has 5 N–H and O–H groups in total. The standard InChI is InChI=1S/C18H21F3N6O/c1-26(2)17(28)11-7-8-15(14(9-11)16(22)25-27(3)23)24-13-6-4-5-12(10-13)18(19,20)21/h4-10,24H,23H2,1-3H3,(H2,22,25). The SMILES string of the molecule is CN(N)/N=C(\N)c1cc(C(=O)N(C)C)ccc1Nc1cccc(C(F)(F)F)c1. The molecule has 0 unspecified atom stereocenters. The lowest BCUT2D eigenvalue weighted by atomic mass is 10.1. The summed E-state index contributed by atoms with van der Waals surface area (Å²) in [5.41, 5.74) is 6.43. The summed E-state index contributed by atoms with van der Waals surface area (Å²) in [6.07, 6.45) is -4.47. The molecule has 2 rings (SSSR count). The predicted octanol–water partition coefficient (Wildman–Crippen LogP) is 2.58. The van der Waals surface area contributed by atoms with Crippen LogP contribution in [0.15, 0.2) is 47.6 Å². The summed E-state index contributed by atoms with van der Waals surface area (Å²) < 4.78 is 38.8. The van der Waals surface area contributed by atoms with Gasteiger partial charge in [0.25, 0.3) is 5.91 Å². The second-order valence-corrected chi connectivity index (χ2v) is 6.22. The molecule has 0 bridgehead atoms. The van der Waals surface area contributed by atoms with Gasteiger partial charge in [-0.1, -0.05) is 6.07 Å². The number of nitrogens with zero attached hydrogens (tertiary/aromatic N) is 3. The number of alkyl halides is 3. The Kier molecular flexibility index (Phi) is 6.14. The first kappa shape index (κ1) is 21.0. The number of hydrazine groups is 1. The quantitative estimate of drug-likeness (QED) is 0.313. The van der Waals surface area contributed by atoms with Crippen LogP contribution in [0.1, 0.15) is 21.5 Å². The average molecular weight is 394 g/mol. The maximum absolute atomic E-state index is 12.9. The first-order valence-corrected chi connectivity index (χ1v) is 8.12. The van der Waals surface area contributed by atoms with E-state index in [1.165, 1.54) is 30.1 Å². The largest absolute Gasteiger partial charge is 0.416 e. The maximum atomic E-state index is 12.9. The van der Waals surface area contributed by atoms with Gasteiger partial charge in [-0.2, -0.15) is 13.2 Å². The van der Waals surface area contributed by atoms with Gasteiger partial charge in [0.15, 0.2) is 5.84 Å². The Labute approximate surface area is 160 Å². The number of rotatable bonds is 5. The van der Waals surface area contributed by atoms with E-state index in [0.717, 1.165) is 17.3 Å². The fourth-order valence-corrected chi connectivity index (χ4v) is 2.41. The van der Waals surface area contributed by atoms with Gasteiger partial charge >= 0.3 is 6.18 Å². The van der Waals surface area contributed by atoms with Crippen molar-refractivity contribution < 1.29 is 18.0 Å². The Morgan fingerprint density at radius 2 is 1.79 bits per heavy atom. The van der Waals surface area contributed by atoms with Crippen LogP contribution in [0.3, 0.4) is 0 Å². The minimum Gasteiger partial charge on any atom is -0.382 e. The van der Waals surface area contributed by atoms with E-state index in [1.807, 2.05) is 0 Å². The van der Waals surface area contributed by atoms with E-state index in [0.29, 0.717) is 16.8 Å². The van der Waals surface area contributed by atoms with Gasteiger partial charge in [0.05, 0.1) is 5.56 Å². The number of hydrazone groups is 1. The van der Waals surface area contributed by atoms with E-state index in [4.69, 9.17) is 11.6 Å². The zero-order valence-corrected chi connectivity index (χ0v) is 15.6. The van der Waals surface area contributed by atoms with Crippen molar-refractivity contribution >= 4 is 23.1 Å². The molecular formula is C18H21F3N6O. The van der Waals surface area contributed by atoms with Gasteiger partial charge < -0.3 is 16.0 Å². The highest BCUT2D eigenvalue weighted by Gasteiger charge is 2.30. The van der Waals surface area contributed by atoms with Crippen LogP contribution in [0.5, 0.6) is 0 Å². The molecule has 28 heavy (non-hydrogen) atoms. The van der Waals surface area contributed by atoms with Gasteiger partial charge in [-0.05, 0) is 36.4 Å². The molecule has 0 aliphatic carbocycles. The summed E-state index contributed by atoms with van der Waals surface area (Å²) >= 11 is 0. The number of nitrogens with two attached hydrogens (primary N) is 2. The number of amides is 1. The van der Waals surface area contributed by atoms with Gasteiger partial charge in [0.1, 0.15) is 0 Å². The number of hydrogen-bond donors (Lipinski definition) is 3. The first-order valence-electron chi connectivity index (χ1n) is 8.12. The highest BCUT2D eigenvalue weighted by atomic mass is 19.4. The molecule has 7 nitrogen and oxygen atoms in total. The number of carbonyl (C=O) groups excluding carboxylic acids is 1. The van der Waals surface area contributed by atoms with Gasteiger partial charge in [-0.15, -0.1) is 5.10 Å². The number of nitrogens with one attached hydrogen (secondary N) is 1. The van der Waals surface area contributed by atoms with Gasteiger partial charge in [-0.25, -0.2) is 11.0 Å². The summed E-state index contributed by atoms with van der Waals surface area (Å²) in [7, 11) is 4.66. The average Bonchev–Trinajstić information content (AvgIpc) is 2.60. The number of halogens is 3. The second-order valence-electron chi connectivity index (χ2n) is 6.22. The molecule has 0 radical (unpaired) electrons. The minimum atomic E-state index is -4.47. The lowest BCUT2D eigenvalue weighted by molar-refractivity contribution is -0.137. The molecular weight excluding hydrogens is 373 g/mol. The van der Waals surface area contributed by atoms with Crippen LogP contribution >= 0.6 is 0 Å². The molecule has 2 aromatic carbocycles. The Morgan fingerprint density at radius 3 is 2.36 bits per heavy atom. The Bertz CT molecular complexity index is 893. The van der Waals surface area contributed by atoms with E-state index < -0.39 is 11.7 Å². The number of hydrogen-bond acceptors (Lipinski definition) is 5. The molecule has 0 spiro atoms. The van der Waals surface area contributed by atoms with Crippen LogP contribution in [0.4, 0.5) is 24.5 Å². The summed E-state index contributed by atoms with van der Waals surface area (Å²) in [5, 5.41) is 7.79. The smallest absolute Gasteiger partial charge is 0.382 e. The van der Waals surface area contributed by atoms with Crippen LogP contribution < -0.4 is 16.9 Å². The molecule has 0 aliphatic rings. The summed E-state index contributed by atoms with van der Waals surface area (Å²) in [6.45, 7) is 0. The fraction of sp³-hybridized carbons (Fsp3) is 0.222. The zero-order valence-electron chi connectivity index (χ0n) is 15.6. The molecule has 0 heterocycles. The highest BCUT2D eigenvalue weighted by Crippen LogP contribution is 2.32. The van der Waals surface area contributed by atoms with E-state index in [9.17, 15) is 18.0 Å². The van der Waals surface area contributed by atoms with Crippen molar-refractivity contribution in [2.75, 3.05) is 26.5 Å². The number of carbonyl (C=O) groups is 1. The monoisotopic (exact) mass is 394 g/mol. The minimum absolute atomic E-state index is 0.00659. The van der Waals surface area contributed by atoms with Gasteiger partial charge in [0, 0.05) is 43.6 Å². The van der Waals surface area contributed by atoms with E-state index in [1.54, 1.807) is 26.2 Å². The summed E-state index contributed by atoms with van der Waals surface area (Å²) in [6, 6.07) is 9.32. The predicted molar refractivity (Wildman–Crippen MR) is 102 cm³/mol. The van der Waals surface area contributed by atoms with Crippen molar-refractivity contribution in [1.82, 2.24) is 10.0 Å². The lowest BCUT2D eigenvalue weighted by Crippen LogP contribution is -2.27. The zero-order chi connectivity index (χ0) is 21.1. The van der Waals surface area contributed by atoms with Crippen LogP contribution in [-0.4, -0.2) is 42.9 Å². The fourth-order valence-electron chi connectivity index (χ4n) is 2.41. The molecule has 10 heteroatoms. The normalized spacial score (nSPS) is 11.9. The first-order chi connectivity index (χ1) is 13.0. The topological polar surface area (TPSA) is 100.0 Å². The molecule has 0 aliphatic heterocycles. The van der Waals surface area contributed by atoms with Crippen LogP contribution in [0, 0.1) is 0 Å². The van der Waals surface area contributed by atoms with Gasteiger partial charge in [-0.3, -0.25) is 4.79 Å². The van der Waals surface area contributed by atoms with Gasteiger partial charge in [0.2, 0.25) is 0 Å². The van der Waals surface area contributed by atoms with Crippen LogP contribution in [-0.2, 0) is 6.18 Å². The number of amidine groups is 1. The second kappa shape index (κ2) is 8.17. The van der Waals surface area contributed by atoms with E-state index in [2.05, 4.69) is 10.4 Å². The molecule has 150 valence electrons. The summed E-state index contributed by atoms with van der Waals surface area (Å²) in [5.74, 6) is 5.22. The Hall–Kier alpha value is -3.27. The van der Waals surface area contributed by atoms with Crippen LogP contribution in [0.2, 0.25) is 0 Å². The Morgan fingerprint density at radius 1 is 1.11 bits per heavy atom. The summed E-state index contributed by atoms with van der Waals surface area (Å²) in [4.78, 5) is 13.6. The molecule has 1 amide bonds. The highest BCUT2D eigenvalue weighted by molar-refractivity contribution is 6.05. The third-order valence-electron chi connectivity index (χ3n) is 3.68. The third-order valence-corrected chi connectivity index (χ3v) is 3.68. The molecule has 0 fully saturated rings. The maximum Gasteiger partial charge on any atom is 0.416 e. The van der Waals surface area contributed by atoms with Crippen LogP contribution in [0.25, 0.3) is 0 Å². The molecule has 0 aromatic heterocycles. The molecule has 0 saturated carbocycles. The van der Waals surface area contributed by atoms with Crippen molar-refractivity contribution in [3.63, 3.8) is 0 Å².